The van der Waals surface area contributed by atoms with Crippen molar-refractivity contribution in [3.05, 3.63) is 168 Å². The van der Waals surface area contributed by atoms with E-state index in [-0.39, 0.29) is 0 Å². The molecule has 1 aliphatic rings. The van der Waals surface area contributed by atoms with Crippen molar-refractivity contribution in [2.75, 3.05) is 0 Å². The molecule has 4 heteroatoms. The first-order valence-corrected chi connectivity index (χ1v) is 17.2. The third kappa shape index (κ3) is 3.99. The number of nitrogens with zero attached hydrogens (tertiary/aromatic N) is 3. The van der Waals surface area contributed by atoms with Crippen LogP contribution in [0.15, 0.2) is 156 Å². The van der Waals surface area contributed by atoms with Crippen molar-refractivity contribution in [3.63, 3.8) is 0 Å². The fourth-order valence-electron chi connectivity index (χ4n) is 8.16. The van der Waals surface area contributed by atoms with Crippen LogP contribution in [0.3, 0.4) is 0 Å². The zero-order valence-electron chi connectivity index (χ0n) is 27.1. The first-order valence-electron chi connectivity index (χ1n) is 17.2. The lowest BCUT2D eigenvalue weighted by molar-refractivity contribution is 0.669. The molecule has 10 aromatic rings. The van der Waals surface area contributed by atoms with E-state index in [4.69, 9.17) is 14.4 Å². The van der Waals surface area contributed by atoms with Gasteiger partial charge in [-0.3, -0.25) is 4.57 Å². The van der Waals surface area contributed by atoms with Crippen molar-refractivity contribution in [3.8, 4) is 17.2 Å². The zero-order chi connectivity index (χ0) is 32.8. The fourth-order valence-corrected chi connectivity index (χ4v) is 8.16. The maximum Gasteiger partial charge on any atom is 0.235 e. The minimum atomic E-state index is 0.673. The Kier molecular flexibility index (Phi) is 5.75. The number of aromatic nitrogens is 3. The summed E-state index contributed by atoms with van der Waals surface area (Å²) in [5.74, 6) is 0.673. The molecule has 0 amide bonds. The largest absolute Gasteiger partial charge is 0.456 e. The van der Waals surface area contributed by atoms with Gasteiger partial charge in [0.25, 0.3) is 0 Å². The molecule has 0 saturated heterocycles. The summed E-state index contributed by atoms with van der Waals surface area (Å²) >= 11 is 0. The molecular weight excluding hydrogens is 611 g/mol. The number of hydrogen-bond donors (Lipinski definition) is 0. The van der Waals surface area contributed by atoms with Crippen molar-refractivity contribution >= 4 is 70.9 Å². The van der Waals surface area contributed by atoms with Gasteiger partial charge in [-0.2, -0.15) is 0 Å². The van der Waals surface area contributed by atoms with E-state index in [0.29, 0.717) is 5.95 Å². The van der Waals surface area contributed by atoms with Gasteiger partial charge in [-0.25, -0.2) is 9.97 Å². The van der Waals surface area contributed by atoms with E-state index in [9.17, 15) is 0 Å². The molecule has 0 bridgehead atoms. The number of furan rings is 1. The average Bonchev–Trinajstić information content (AvgIpc) is 3.71. The summed E-state index contributed by atoms with van der Waals surface area (Å²) in [4.78, 5) is 11.0. The number of rotatable bonds is 3. The van der Waals surface area contributed by atoms with Crippen molar-refractivity contribution in [2.24, 2.45) is 0 Å². The highest BCUT2D eigenvalue weighted by atomic mass is 16.3. The molecule has 0 N–H and O–H groups in total. The van der Waals surface area contributed by atoms with E-state index in [2.05, 4.69) is 144 Å². The second kappa shape index (κ2) is 10.5. The predicted molar refractivity (Wildman–Crippen MR) is 206 cm³/mol. The Morgan fingerprint density at radius 3 is 2.12 bits per heavy atom. The van der Waals surface area contributed by atoms with E-state index in [1.165, 1.54) is 27.3 Å². The Labute approximate surface area is 287 Å². The van der Waals surface area contributed by atoms with Gasteiger partial charge >= 0.3 is 0 Å². The Bertz CT molecular complexity index is 3040. The Hall–Kier alpha value is -6.52. The smallest absolute Gasteiger partial charge is 0.235 e. The summed E-state index contributed by atoms with van der Waals surface area (Å²) in [6.45, 7) is 0. The van der Waals surface area contributed by atoms with Gasteiger partial charge in [-0.05, 0) is 76.5 Å². The first-order chi connectivity index (χ1) is 24.8. The van der Waals surface area contributed by atoms with Crippen LogP contribution in [0.2, 0.25) is 0 Å². The van der Waals surface area contributed by atoms with Crippen LogP contribution >= 0.6 is 0 Å². The zero-order valence-corrected chi connectivity index (χ0v) is 27.1. The van der Waals surface area contributed by atoms with Crippen LogP contribution in [0.4, 0.5) is 0 Å². The van der Waals surface area contributed by atoms with Crippen molar-refractivity contribution in [1.29, 1.82) is 0 Å². The van der Waals surface area contributed by atoms with Crippen LogP contribution in [0.25, 0.3) is 88.1 Å². The third-order valence-corrected chi connectivity index (χ3v) is 10.5. The minimum absolute atomic E-state index is 0.673. The quantitative estimate of drug-likeness (QED) is 0.181. The first kappa shape index (κ1) is 27.4. The van der Waals surface area contributed by atoms with Crippen LogP contribution in [0.5, 0.6) is 0 Å². The van der Waals surface area contributed by atoms with E-state index in [1.807, 2.05) is 12.1 Å². The molecule has 3 heterocycles. The van der Waals surface area contributed by atoms with Crippen LogP contribution in [-0.2, 0) is 6.42 Å². The molecule has 0 radical (unpaired) electrons. The van der Waals surface area contributed by atoms with Gasteiger partial charge in [0.05, 0.1) is 22.4 Å². The molecule has 50 heavy (non-hydrogen) atoms. The SMILES string of the molecule is C1=C(c2ccc3c(c2)oc2ccccc23)c2c(c3cc4ccccc4cc3n2-c2nc(-c3ccccc3)c3ccc4ccccc4c3n2)CC1. The molecule has 3 aromatic heterocycles. The second-order valence-corrected chi connectivity index (χ2v) is 13.3. The number of para-hydroxylation sites is 1. The van der Waals surface area contributed by atoms with Crippen LogP contribution in [-0.4, -0.2) is 14.5 Å². The molecule has 0 unspecified atom stereocenters. The molecule has 11 rings (SSSR count). The van der Waals surface area contributed by atoms with Gasteiger partial charge in [-0.1, -0.05) is 115 Å². The van der Waals surface area contributed by atoms with E-state index in [0.717, 1.165) is 84.5 Å². The Balaban J connectivity index is 1.25. The van der Waals surface area contributed by atoms with Gasteiger partial charge in [0.2, 0.25) is 5.95 Å². The van der Waals surface area contributed by atoms with Crippen LogP contribution in [0.1, 0.15) is 23.2 Å². The molecule has 0 fully saturated rings. The number of hydrogen-bond acceptors (Lipinski definition) is 3. The summed E-state index contributed by atoms with van der Waals surface area (Å²) in [7, 11) is 0. The summed E-state index contributed by atoms with van der Waals surface area (Å²) in [5.41, 5.74) is 10.6. The molecule has 0 aliphatic heterocycles. The van der Waals surface area contributed by atoms with Crippen LogP contribution < -0.4 is 0 Å². The highest BCUT2D eigenvalue weighted by molar-refractivity contribution is 6.10. The number of benzene rings is 7. The van der Waals surface area contributed by atoms with E-state index in [1.54, 1.807) is 0 Å². The lowest BCUT2D eigenvalue weighted by Gasteiger charge is -2.19. The standard InChI is InChI=1S/C46H29N3O/c1-2-12-29(13-3-1)43-38-24-21-28-11-6-7-16-33(28)44(38)48-46(47-43)49-40-26-31-15-5-4-14-30(31)25-39(40)37-19-10-18-34(45(37)49)32-22-23-36-35-17-8-9-20-41(35)50-42(36)27-32/h1-9,11-18,20-27H,10,19H2. The van der Waals surface area contributed by atoms with Gasteiger partial charge < -0.3 is 4.42 Å². The Morgan fingerprint density at radius 1 is 0.520 bits per heavy atom. The number of allylic oxidation sites excluding steroid dienone is 1. The lowest BCUT2D eigenvalue weighted by atomic mass is 9.90. The summed E-state index contributed by atoms with van der Waals surface area (Å²) in [6, 6.07) is 51.6. The fraction of sp³-hybridized carbons (Fsp3) is 0.0435. The molecular formula is C46H29N3O. The topological polar surface area (TPSA) is 43.9 Å². The van der Waals surface area contributed by atoms with Crippen LogP contribution in [0, 0.1) is 0 Å². The highest BCUT2D eigenvalue weighted by Gasteiger charge is 2.27. The average molecular weight is 640 g/mol. The summed E-state index contributed by atoms with van der Waals surface area (Å²) in [6.07, 6.45) is 4.27. The van der Waals surface area contributed by atoms with Crippen molar-refractivity contribution < 1.29 is 4.42 Å². The lowest BCUT2D eigenvalue weighted by Crippen LogP contribution is -2.10. The third-order valence-electron chi connectivity index (χ3n) is 10.5. The molecule has 4 nitrogen and oxygen atoms in total. The van der Waals surface area contributed by atoms with Gasteiger partial charge in [-0.15, -0.1) is 0 Å². The minimum Gasteiger partial charge on any atom is -0.456 e. The van der Waals surface area contributed by atoms with Crippen molar-refractivity contribution in [1.82, 2.24) is 14.5 Å². The summed E-state index contributed by atoms with van der Waals surface area (Å²) < 4.78 is 8.73. The molecule has 234 valence electrons. The molecule has 0 spiro atoms. The second-order valence-electron chi connectivity index (χ2n) is 13.3. The number of aryl methyl sites for hydroxylation is 1. The monoisotopic (exact) mass is 639 g/mol. The predicted octanol–water partition coefficient (Wildman–Crippen LogP) is 11.8. The van der Waals surface area contributed by atoms with Gasteiger partial charge in [0, 0.05) is 38.1 Å². The van der Waals surface area contributed by atoms with E-state index < -0.39 is 0 Å². The maximum atomic E-state index is 6.39. The molecule has 0 saturated carbocycles. The Morgan fingerprint density at radius 2 is 1.24 bits per heavy atom. The van der Waals surface area contributed by atoms with Crippen molar-refractivity contribution in [2.45, 2.75) is 12.8 Å². The molecule has 7 aromatic carbocycles. The molecule has 1 aliphatic carbocycles. The van der Waals surface area contributed by atoms with E-state index >= 15 is 0 Å². The van der Waals surface area contributed by atoms with Gasteiger partial charge in [0.1, 0.15) is 11.2 Å². The van der Waals surface area contributed by atoms with Gasteiger partial charge in [0.15, 0.2) is 0 Å². The normalized spacial score (nSPS) is 13.2. The molecule has 0 atom stereocenters. The number of fused-ring (bicyclic) bond motifs is 10. The maximum absolute atomic E-state index is 6.39. The summed E-state index contributed by atoms with van der Waals surface area (Å²) in [5, 5.41) is 9.26. The highest BCUT2D eigenvalue weighted by Crippen LogP contribution is 2.43.